The average Bonchev–Trinajstić information content (AvgIpc) is 2.85. The Hall–Kier alpha value is -0.770. The average molecular weight is 222 g/mol. The monoisotopic (exact) mass is 222 g/mol. The molecule has 2 unspecified atom stereocenters. The van der Waals surface area contributed by atoms with Crippen LogP contribution in [-0.4, -0.2) is 53.0 Å². The highest BCUT2D eigenvalue weighted by atomic mass is 15.4. The predicted octanol–water partition coefficient (Wildman–Crippen LogP) is 0.632. The predicted molar refractivity (Wildman–Crippen MR) is 65.4 cm³/mol. The summed E-state index contributed by atoms with van der Waals surface area (Å²) in [4.78, 5) is 9.56. The summed E-state index contributed by atoms with van der Waals surface area (Å²) in [6.45, 7) is 7.88. The highest BCUT2D eigenvalue weighted by Gasteiger charge is 2.55. The molecule has 3 aliphatic heterocycles. The third-order valence-electron chi connectivity index (χ3n) is 4.57. The molecule has 1 spiro atoms. The van der Waals surface area contributed by atoms with Gasteiger partial charge in [-0.1, -0.05) is 0 Å². The molecule has 0 saturated carbocycles. The number of aliphatic imine (C=N–C) groups is 1. The molecule has 3 aliphatic rings. The second-order valence-electron chi connectivity index (χ2n) is 5.69. The number of guanidine groups is 1. The van der Waals surface area contributed by atoms with Gasteiger partial charge in [0.05, 0.1) is 12.1 Å². The van der Waals surface area contributed by atoms with E-state index in [1.807, 2.05) is 0 Å². The van der Waals surface area contributed by atoms with E-state index in [1.54, 1.807) is 0 Å². The minimum atomic E-state index is 0.231. The molecular formula is C12H22N4. The summed E-state index contributed by atoms with van der Waals surface area (Å²) < 4.78 is 0. The van der Waals surface area contributed by atoms with Crippen molar-refractivity contribution < 1.29 is 0 Å². The Morgan fingerprint density at radius 1 is 1.44 bits per heavy atom. The molecule has 2 fully saturated rings. The van der Waals surface area contributed by atoms with Crippen LogP contribution in [0.5, 0.6) is 0 Å². The molecule has 2 atom stereocenters. The maximum absolute atomic E-state index is 6.07. The van der Waals surface area contributed by atoms with Gasteiger partial charge in [0.25, 0.3) is 0 Å². The minimum absolute atomic E-state index is 0.231. The molecule has 3 rings (SSSR count). The number of hydrogen-bond acceptors (Lipinski definition) is 4. The van der Waals surface area contributed by atoms with Crippen LogP contribution >= 0.6 is 0 Å². The standard InChI is InChI=1S/C12H22N4/c1-9(2)16-11(13)14-8-12(16)5-7-15-6-3-4-10(12)15/h9-10H,3-8H2,1-2H3,(H2,13,14). The molecule has 2 N–H and O–H groups in total. The van der Waals surface area contributed by atoms with Crippen LogP contribution in [0.3, 0.4) is 0 Å². The van der Waals surface area contributed by atoms with E-state index in [0.717, 1.165) is 12.5 Å². The second kappa shape index (κ2) is 3.36. The van der Waals surface area contributed by atoms with Crippen LogP contribution < -0.4 is 5.73 Å². The minimum Gasteiger partial charge on any atom is -0.370 e. The van der Waals surface area contributed by atoms with Gasteiger partial charge in [-0.15, -0.1) is 0 Å². The van der Waals surface area contributed by atoms with Crippen molar-refractivity contribution in [2.75, 3.05) is 19.6 Å². The molecule has 3 heterocycles. The van der Waals surface area contributed by atoms with E-state index in [4.69, 9.17) is 5.73 Å². The molecular weight excluding hydrogens is 200 g/mol. The summed E-state index contributed by atoms with van der Waals surface area (Å²) in [5.41, 5.74) is 6.31. The summed E-state index contributed by atoms with van der Waals surface area (Å²) in [5, 5.41) is 0. The lowest BCUT2D eigenvalue weighted by Crippen LogP contribution is -2.59. The molecule has 4 nitrogen and oxygen atoms in total. The first-order valence-corrected chi connectivity index (χ1v) is 6.48. The van der Waals surface area contributed by atoms with Gasteiger partial charge in [0, 0.05) is 18.6 Å². The zero-order valence-electron chi connectivity index (χ0n) is 10.3. The molecule has 16 heavy (non-hydrogen) atoms. The van der Waals surface area contributed by atoms with Gasteiger partial charge in [-0.2, -0.15) is 0 Å². The van der Waals surface area contributed by atoms with E-state index >= 15 is 0 Å². The van der Waals surface area contributed by atoms with Crippen molar-refractivity contribution >= 4 is 5.96 Å². The highest BCUT2D eigenvalue weighted by molar-refractivity contribution is 5.81. The molecule has 0 radical (unpaired) electrons. The molecule has 0 bridgehead atoms. The number of rotatable bonds is 1. The van der Waals surface area contributed by atoms with Crippen LogP contribution in [0.4, 0.5) is 0 Å². The number of fused-ring (bicyclic) bond motifs is 2. The lowest BCUT2D eigenvalue weighted by molar-refractivity contribution is 0.123. The fourth-order valence-corrected chi connectivity index (χ4v) is 4.05. The van der Waals surface area contributed by atoms with Crippen LogP contribution in [0.1, 0.15) is 33.1 Å². The van der Waals surface area contributed by atoms with E-state index in [9.17, 15) is 0 Å². The van der Waals surface area contributed by atoms with Gasteiger partial charge in [-0.05, 0) is 39.7 Å². The van der Waals surface area contributed by atoms with E-state index in [0.29, 0.717) is 12.1 Å². The van der Waals surface area contributed by atoms with Gasteiger partial charge in [-0.3, -0.25) is 9.89 Å². The second-order valence-corrected chi connectivity index (χ2v) is 5.69. The lowest BCUT2D eigenvalue weighted by Gasteiger charge is -2.43. The van der Waals surface area contributed by atoms with E-state index < -0.39 is 0 Å². The van der Waals surface area contributed by atoms with Crippen LogP contribution in [0.25, 0.3) is 0 Å². The smallest absolute Gasteiger partial charge is 0.192 e. The van der Waals surface area contributed by atoms with Crippen molar-refractivity contribution in [3.05, 3.63) is 0 Å². The summed E-state index contributed by atoms with van der Waals surface area (Å²) in [5.74, 6) is 0.767. The first kappa shape index (κ1) is 10.4. The first-order valence-electron chi connectivity index (χ1n) is 6.48. The van der Waals surface area contributed by atoms with Gasteiger partial charge >= 0.3 is 0 Å². The Bertz CT molecular complexity index is 325. The molecule has 90 valence electrons. The Balaban J connectivity index is 1.93. The number of hydrogen-bond donors (Lipinski definition) is 1. The summed E-state index contributed by atoms with van der Waals surface area (Å²) in [6.07, 6.45) is 3.91. The molecule has 0 aromatic carbocycles. The van der Waals surface area contributed by atoms with Gasteiger partial charge in [0.1, 0.15) is 0 Å². The maximum Gasteiger partial charge on any atom is 0.192 e. The highest BCUT2D eigenvalue weighted by Crippen LogP contribution is 2.43. The lowest BCUT2D eigenvalue weighted by atomic mass is 9.87. The Kier molecular flexibility index (Phi) is 2.18. The molecule has 0 aliphatic carbocycles. The summed E-state index contributed by atoms with van der Waals surface area (Å²) in [6, 6.07) is 1.16. The van der Waals surface area contributed by atoms with Crippen LogP contribution in [0.15, 0.2) is 4.99 Å². The van der Waals surface area contributed by atoms with Gasteiger partial charge < -0.3 is 10.6 Å². The topological polar surface area (TPSA) is 44.9 Å². The third-order valence-corrected chi connectivity index (χ3v) is 4.57. The number of nitrogens with two attached hydrogens (primary N) is 1. The quantitative estimate of drug-likeness (QED) is 0.708. The van der Waals surface area contributed by atoms with E-state index in [-0.39, 0.29) is 5.54 Å². The Morgan fingerprint density at radius 3 is 3.00 bits per heavy atom. The fraction of sp³-hybridized carbons (Fsp3) is 0.917. The van der Waals surface area contributed by atoms with Crippen molar-refractivity contribution in [1.29, 1.82) is 0 Å². The molecule has 0 amide bonds. The van der Waals surface area contributed by atoms with Crippen molar-refractivity contribution in [3.8, 4) is 0 Å². The molecule has 2 saturated heterocycles. The Morgan fingerprint density at radius 2 is 2.25 bits per heavy atom. The normalized spacial score (nSPS) is 38.8. The molecule has 0 aromatic heterocycles. The molecule has 0 aromatic rings. The number of nitrogens with zero attached hydrogens (tertiary/aromatic N) is 3. The van der Waals surface area contributed by atoms with Gasteiger partial charge in [-0.25, -0.2) is 0 Å². The van der Waals surface area contributed by atoms with E-state index in [1.165, 1.54) is 32.4 Å². The van der Waals surface area contributed by atoms with Crippen LogP contribution in [-0.2, 0) is 0 Å². The van der Waals surface area contributed by atoms with Gasteiger partial charge in [0.15, 0.2) is 5.96 Å². The van der Waals surface area contributed by atoms with Crippen molar-refractivity contribution in [1.82, 2.24) is 9.80 Å². The van der Waals surface area contributed by atoms with Crippen molar-refractivity contribution in [3.63, 3.8) is 0 Å². The third kappa shape index (κ3) is 1.16. The zero-order chi connectivity index (χ0) is 11.3. The molecule has 4 heteroatoms. The van der Waals surface area contributed by atoms with Crippen molar-refractivity contribution in [2.24, 2.45) is 10.7 Å². The SMILES string of the molecule is CC(C)N1C(N)=NCC12CCN1CCCC12. The van der Waals surface area contributed by atoms with E-state index in [2.05, 4.69) is 28.6 Å². The summed E-state index contributed by atoms with van der Waals surface area (Å²) in [7, 11) is 0. The fourth-order valence-electron chi connectivity index (χ4n) is 4.05. The Labute approximate surface area is 97.5 Å². The van der Waals surface area contributed by atoms with Crippen LogP contribution in [0, 0.1) is 0 Å². The summed E-state index contributed by atoms with van der Waals surface area (Å²) >= 11 is 0. The largest absolute Gasteiger partial charge is 0.370 e. The van der Waals surface area contributed by atoms with Gasteiger partial charge in [0.2, 0.25) is 0 Å². The van der Waals surface area contributed by atoms with Crippen molar-refractivity contribution in [2.45, 2.75) is 50.7 Å². The zero-order valence-corrected chi connectivity index (χ0v) is 10.3. The maximum atomic E-state index is 6.07. The van der Waals surface area contributed by atoms with Crippen LogP contribution in [0.2, 0.25) is 0 Å². The first-order chi connectivity index (χ1) is 7.65.